The van der Waals surface area contributed by atoms with Crippen molar-refractivity contribution in [1.29, 1.82) is 0 Å². The summed E-state index contributed by atoms with van der Waals surface area (Å²) in [4.78, 5) is 3.76. The van der Waals surface area contributed by atoms with Gasteiger partial charge in [-0.05, 0) is 6.92 Å². The molecule has 84 valence electrons. The molecule has 15 heavy (non-hydrogen) atoms. The third-order valence-electron chi connectivity index (χ3n) is 1.58. The van der Waals surface area contributed by atoms with Crippen LogP contribution in [0.4, 0.5) is 13.2 Å². The van der Waals surface area contributed by atoms with Crippen LogP contribution < -0.4 is 10.5 Å². The first kappa shape index (κ1) is 11.6. The van der Waals surface area contributed by atoms with Crippen LogP contribution in [-0.4, -0.2) is 16.5 Å². The normalized spacial score (nSPS) is 11.5. The standard InChI is InChI=1S/C8H9F3N2O2/c1-4-2-6(15-8(9,10)11)7(14)5(3-12)13-4/h2,14H,3,12H2,1H3. The highest BCUT2D eigenvalue weighted by atomic mass is 19.4. The summed E-state index contributed by atoms with van der Waals surface area (Å²) in [5.74, 6) is -1.36. The number of alkyl halides is 3. The predicted molar refractivity (Wildman–Crippen MR) is 45.2 cm³/mol. The van der Waals surface area contributed by atoms with Crippen molar-refractivity contribution in [2.24, 2.45) is 5.73 Å². The van der Waals surface area contributed by atoms with E-state index in [2.05, 4.69) is 9.72 Å². The van der Waals surface area contributed by atoms with Gasteiger partial charge in [0.25, 0.3) is 0 Å². The van der Waals surface area contributed by atoms with Crippen LogP contribution in [0, 0.1) is 6.92 Å². The van der Waals surface area contributed by atoms with Gasteiger partial charge in [-0.3, -0.25) is 4.98 Å². The number of halogens is 3. The van der Waals surface area contributed by atoms with Gasteiger partial charge in [0, 0.05) is 18.3 Å². The lowest BCUT2D eigenvalue weighted by molar-refractivity contribution is -0.275. The largest absolute Gasteiger partial charge is 0.573 e. The number of aromatic hydroxyl groups is 1. The molecule has 0 aromatic carbocycles. The second-order valence-corrected chi connectivity index (χ2v) is 2.81. The minimum atomic E-state index is -4.85. The summed E-state index contributed by atoms with van der Waals surface area (Å²) >= 11 is 0. The van der Waals surface area contributed by atoms with Crippen LogP contribution in [0.3, 0.4) is 0 Å². The van der Waals surface area contributed by atoms with Crippen LogP contribution in [-0.2, 0) is 6.54 Å². The fourth-order valence-corrected chi connectivity index (χ4v) is 1.04. The van der Waals surface area contributed by atoms with E-state index in [1.165, 1.54) is 6.92 Å². The number of rotatable bonds is 2. The number of hydrogen-bond acceptors (Lipinski definition) is 4. The van der Waals surface area contributed by atoms with Crippen molar-refractivity contribution in [2.75, 3.05) is 0 Å². The summed E-state index contributed by atoms with van der Waals surface area (Å²) in [5.41, 5.74) is 5.44. The van der Waals surface area contributed by atoms with Crippen LogP contribution in [0.5, 0.6) is 11.5 Å². The second-order valence-electron chi connectivity index (χ2n) is 2.81. The molecule has 0 bridgehead atoms. The molecule has 0 unspecified atom stereocenters. The molecule has 1 aromatic rings. The van der Waals surface area contributed by atoms with Gasteiger partial charge in [0.2, 0.25) is 0 Å². The number of ether oxygens (including phenoxy) is 1. The fourth-order valence-electron chi connectivity index (χ4n) is 1.04. The Morgan fingerprint density at radius 1 is 1.53 bits per heavy atom. The number of nitrogens with zero attached hydrogens (tertiary/aromatic N) is 1. The maximum absolute atomic E-state index is 11.9. The maximum Gasteiger partial charge on any atom is 0.573 e. The SMILES string of the molecule is Cc1cc(OC(F)(F)F)c(O)c(CN)n1. The minimum absolute atomic E-state index is 0.0331. The molecule has 0 atom stereocenters. The molecule has 7 heteroatoms. The van der Waals surface area contributed by atoms with Gasteiger partial charge in [0.05, 0.1) is 5.69 Å². The lowest BCUT2D eigenvalue weighted by Crippen LogP contribution is -2.18. The molecule has 0 aliphatic rings. The molecule has 3 N–H and O–H groups in total. The van der Waals surface area contributed by atoms with Gasteiger partial charge in [-0.25, -0.2) is 0 Å². The van der Waals surface area contributed by atoms with Gasteiger partial charge >= 0.3 is 6.36 Å². The van der Waals surface area contributed by atoms with Crippen molar-refractivity contribution in [2.45, 2.75) is 19.8 Å². The van der Waals surface area contributed by atoms with Gasteiger partial charge in [-0.15, -0.1) is 13.2 Å². The number of aryl methyl sites for hydroxylation is 1. The Morgan fingerprint density at radius 2 is 2.13 bits per heavy atom. The van der Waals surface area contributed by atoms with Crippen molar-refractivity contribution in [3.63, 3.8) is 0 Å². The summed E-state index contributed by atoms with van der Waals surface area (Å²) in [6.45, 7) is 1.31. The molecule has 0 radical (unpaired) electrons. The number of nitrogens with two attached hydrogens (primary N) is 1. The summed E-state index contributed by atoms with van der Waals surface area (Å²) < 4.78 is 39.3. The van der Waals surface area contributed by atoms with E-state index in [9.17, 15) is 18.3 Å². The first-order valence-corrected chi connectivity index (χ1v) is 3.99. The first-order chi connectivity index (χ1) is 6.83. The molecule has 0 aliphatic carbocycles. The Morgan fingerprint density at radius 3 is 2.60 bits per heavy atom. The van der Waals surface area contributed by atoms with Crippen LogP contribution in [0.1, 0.15) is 11.4 Å². The van der Waals surface area contributed by atoms with Gasteiger partial charge in [0.15, 0.2) is 11.5 Å². The smallest absolute Gasteiger partial charge is 0.503 e. The molecule has 0 saturated heterocycles. The Bertz CT molecular complexity index is 366. The minimum Gasteiger partial charge on any atom is -0.503 e. The lowest BCUT2D eigenvalue weighted by atomic mass is 10.2. The highest BCUT2D eigenvalue weighted by molar-refractivity contribution is 5.43. The van der Waals surface area contributed by atoms with Crippen molar-refractivity contribution in [1.82, 2.24) is 4.98 Å². The third-order valence-corrected chi connectivity index (χ3v) is 1.58. The van der Waals surface area contributed by atoms with Crippen molar-refractivity contribution >= 4 is 0 Å². The molecular formula is C8H9F3N2O2. The van der Waals surface area contributed by atoms with Crippen LogP contribution in [0.25, 0.3) is 0 Å². The Hall–Kier alpha value is -1.50. The van der Waals surface area contributed by atoms with E-state index in [0.29, 0.717) is 0 Å². The molecule has 0 fully saturated rings. The number of hydrogen-bond donors (Lipinski definition) is 2. The van der Waals surface area contributed by atoms with Gasteiger partial charge in [-0.1, -0.05) is 0 Å². The van der Waals surface area contributed by atoms with Crippen molar-refractivity contribution in [3.8, 4) is 11.5 Å². The third kappa shape index (κ3) is 2.98. The molecule has 0 spiro atoms. The van der Waals surface area contributed by atoms with Crippen LogP contribution in [0.2, 0.25) is 0 Å². The number of aromatic nitrogens is 1. The zero-order valence-corrected chi connectivity index (χ0v) is 7.80. The van der Waals surface area contributed by atoms with E-state index < -0.39 is 17.9 Å². The molecule has 1 aromatic heterocycles. The summed E-state index contributed by atoms with van der Waals surface area (Å²) in [6, 6.07) is 0.988. The Kier molecular flexibility index (Phi) is 3.04. The van der Waals surface area contributed by atoms with Gasteiger partial charge in [0.1, 0.15) is 0 Å². The topological polar surface area (TPSA) is 68.4 Å². The molecule has 0 saturated carbocycles. The monoisotopic (exact) mass is 222 g/mol. The zero-order chi connectivity index (χ0) is 11.6. The van der Waals surface area contributed by atoms with E-state index in [0.717, 1.165) is 6.07 Å². The lowest BCUT2D eigenvalue weighted by Gasteiger charge is -2.12. The van der Waals surface area contributed by atoms with E-state index in [1.807, 2.05) is 0 Å². The average molecular weight is 222 g/mol. The van der Waals surface area contributed by atoms with E-state index in [-0.39, 0.29) is 17.9 Å². The van der Waals surface area contributed by atoms with Crippen LogP contribution >= 0.6 is 0 Å². The first-order valence-electron chi connectivity index (χ1n) is 3.99. The number of pyridine rings is 1. The summed E-state index contributed by atoms with van der Waals surface area (Å²) in [6.07, 6.45) is -4.85. The second kappa shape index (κ2) is 3.93. The fraction of sp³-hybridized carbons (Fsp3) is 0.375. The van der Waals surface area contributed by atoms with E-state index in [1.54, 1.807) is 0 Å². The van der Waals surface area contributed by atoms with Crippen LogP contribution in [0.15, 0.2) is 6.07 Å². The maximum atomic E-state index is 11.9. The highest BCUT2D eigenvalue weighted by Crippen LogP contribution is 2.33. The average Bonchev–Trinajstić information content (AvgIpc) is 2.08. The Labute approximate surface area is 83.5 Å². The van der Waals surface area contributed by atoms with Crippen molar-refractivity contribution in [3.05, 3.63) is 17.5 Å². The van der Waals surface area contributed by atoms with E-state index in [4.69, 9.17) is 5.73 Å². The Balaban J connectivity index is 3.12. The van der Waals surface area contributed by atoms with Crippen molar-refractivity contribution < 1.29 is 23.0 Å². The molecule has 1 rings (SSSR count). The zero-order valence-electron chi connectivity index (χ0n) is 7.80. The summed E-state index contributed by atoms with van der Waals surface area (Å²) in [7, 11) is 0. The molecule has 4 nitrogen and oxygen atoms in total. The van der Waals surface area contributed by atoms with Gasteiger partial charge in [-0.2, -0.15) is 0 Å². The van der Waals surface area contributed by atoms with E-state index >= 15 is 0 Å². The van der Waals surface area contributed by atoms with Gasteiger partial charge < -0.3 is 15.6 Å². The highest BCUT2D eigenvalue weighted by Gasteiger charge is 2.33. The molecule has 0 amide bonds. The molecule has 0 aliphatic heterocycles. The molecular weight excluding hydrogens is 213 g/mol. The quantitative estimate of drug-likeness (QED) is 0.794. The molecule has 1 heterocycles. The summed E-state index contributed by atoms with van der Waals surface area (Å²) in [5, 5.41) is 9.31. The predicted octanol–water partition coefficient (Wildman–Crippen LogP) is 1.45.